The standard InChI is InChI=1S/C26H33N5O3/c1-7-31-19(4)22(18(3)30-31)14-15-27-26(29-25(32)20-10-8-17(2)9-11-20)28-21-12-13-23(33-5)24(16-21)34-6/h8-13,16H,7,14-15H2,1-6H3,(H2,27,28,29,32). The van der Waals surface area contributed by atoms with Gasteiger partial charge in [0.05, 0.1) is 19.9 Å². The van der Waals surface area contributed by atoms with Crippen LogP contribution in [0.5, 0.6) is 11.5 Å². The number of hydrogen-bond donors (Lipinski definition) is 2. The van der Waals surface area contributed by atoms with Gasteiger partial charge in [-0.1, -0.05) is 17.7 Å². The minimum atomic E-state index is -0.238. The Hall–Kier alpha value is -3.81. The van der Waals surface area contributed by atoms with Crippen LogP contribution in [-0.4, -0.2) is 42.4 Å². The van der Waals surface area contributed by atoms with Gasteiger partial charge in [0, 0.05) is 36.1 Å². The zero-order valence-electron chi connectivity index (χ0n) is 20.7. The minimum Gasteiger partial charge on any atom is -0.493 e. The Labute approximate surface area is 201 Å². The molecule has 0 saturated carbocycles. The second-order valence-electron chi connectivity index (χ2n) is 7.96. The molecular formula is C26H33N5O3. The molecule has 0 fully saturated rings. The van der Waals surface area contributed by atoms with Crippen molar-refractivity contribution in [3.63, 3.8) is 0 Å². The van der Waals surface area contributed by atoms with Crippen LogP contribution in [0.3, 0.4) is 0 Å². The Morgan fingerprint density at radius 3 is 2.35 bits per heavy atom. The summed E-state index contributed by atoms with van der Waals surface area (Å²) in [6.45, 7) is 9.46. The SMILES string of the molecule is CCn1nc(C)c(CCN=C(NC(=O)c2ccc(C)cc2)Nc2ccc(OC)c(OC)c2)c1C. The highest BCUT2D eigenvalue weighted by Gasteiger charge is 2.13. The lowest BCUT2D eigenvalue weighted by Crippen LogP contribution is -2.36. The number of nitrogens with zero attached hydrogens (tertiary/aromatic N) is 3. The fourth-order valence-corrected chi connectivity index (χ4v) is 3.73. The number of nitrogens with one attached hydrogen (secondary N) is 2. The Morgan fingerprint density at radius 1 is 1.03 bits per heavy atom. The lowest BCUT2D eigenvalue weighted by Gasteiger charge is -2.14. The topological polar surface area (TPSA) is 89.8 Å². The van der Waals surface area contributed by atoms with Crippen molar-refractivity contribution in [2.45, 2.75) is 40.7 Å². The number of aromatic nitrogens is 2. The Balaban J connectivity index is 1.82. The van der Waals surface area contributed by atoms with E-state index in [9.17, 15) is 4.79 Å². The van der Waals surface area contributed by atoms with Gasteiger partial charge in [-0.3, -0.25) is 19.8 Å². The van der Waals surface area contributed by atoms with Gasteiger partial charge < -0.3 is 14.8 Å². The monoisotopic (exact) mass is 463 g/mol. The quantitative estimate of drug-likeness (QED) is 0.384. The van der Waals surface area contributed by atoms with Crippen LogP contribution < -0.4 is 20.1 Å². The molecule has 3 aromatic rings. The van der Waals surface area contributed by atoms with Gasteiger partial charge in [-0.15, -0.1) is 0 Å². The number of guanidine groups is 1. The lowest BCUT2D eigenvalue weighted by molar-refractivity contribution is 0.0977. The van der Waals surface area contributed by atoms with Crippen LogP contribution in [0, 0.1) is 20.8 Å². The van der Waals surface area contributed by atoms with Crippen molar-refractivity contribution in [2.75, 3.05) is 26.1 Å². The van der Waals surface area contributed by atoms with Crippen molar-refractivity contribution in [3.05, 3.63) is 70.5 Å². The molecule has 0 radical (unpaired) electrons. The fourth-order valence-electron chi connectivity index (χ4n) is 3.73. The van der Waals surface area contributed by atoms with Gasteiger partial charge in [-0.05, 0) is 63.9 Å². The Bertz CT molecular complexity index is 1170. The number of ether oxygens (including phenoxy) is 2. The summed E-state index contributed by atoms with van der Waals surface area (Å²) < 4.78 is 12.7. The predicted octanol–water partition coefficient (Wildman–Crippen LogP) is 4.29. The number of methoxy groups -OCH3 is 2. The summed E-state index contributed by atoms with van der Waals surface area (Å²) >= 11 is 0. The summed E-state index contributed by atoms with van der Waals surface area (Å²) in [6, 6.07) is 12.8. The first-order valence-electron chi connectivity index (χ1n) is 11.3. The summed E-state index contributed by atoms with van der Waals surface area (Å²) in [5.41, 5.74) is 5.70. The number of aliphatic imine (C=N–C) groups is 1. The molecule has 0 aliphatic rings. The third-order valence-electron chi connectivity index (χ3n) is 5.65. The number of carbonyl (C=O) groups excluding carboxylic acids is 1. The van der Waals surface area contributed by atoms with Gasteiger partial charge in [0.25, 0.3) is 5.91 Å². The zero-order valence-corrected chi connectivity index (χ0v) is 20.7. The van der Waals surface area contributed by atoms with Gasteiger partial charge in [-0.25, -0.2) is 0 Å². The smallest absolute Gasteiger partial charge is 0.257 e. The summed E-state index contributed by atoms with van der Waals surface area (Å²) in [5, 5.41) is 10.7. The molecule has 2 aromatic carbocycles. The Kier molecular flexibility index (Phi) is 8.29. The highest BCUT2D eigenvalue weighted by atomic mass is 16.5. The first kappa shape index (κ1) is 24.8. The lowest BCUT2D eigenvalue weighted by atomic mass is 10.1. The van der Waals surface area contributed by atoms with Crippen LogP contribution in [0.25, 0.3) is 0 Å². The number of amides is 1. The first-order valence-corrected chi connectivity index (χ1v) is 11.3. The van der Waals surface area contributed by atoms with Crippen molar-refractivity contribution in [1.29, 1.82) is 0 Å². The largest absolute Gasteiger partial charge is 0.493 e. The summed E-state index contributed by atoms with van der Waals surface area (Å²) in [5.74, 6) is 1.32. The maximum atomic E-state index is 12.9. The maximum Gasteiger partial charge on any atom is 0.257 e. The molecule has 180 valence electrons. The van der Waals surface area contributed by atoms with E-state index >= 15 is 0 Å². The molecule has 1 aromatic heterocycles. The molecule has 0 aliphatic heterocycles. The second-order valence-corrected chi connectivity index (χ2v) is 7.96. The average Bonchev–Trinajstić information content (AvgIpc) is 3.11. The normalized spacial score (nSPS) is 11.3. The van der Waals surface area contributed by atoms with Crippen molar-refractivity contribution < 1.29 is 14.3 Å². The predicted molar refractivity (Wildman–Crippen MR) is 135 cm³/mol. The number of hydrogen-bond acceptors (Lipinski definition) is 5. The molecule has 0 spiro atoms. The molecule has 0 aliphatic carbocycles. The molecule has 8 nitrogen and oxygen atoms in total. The summed E-state index contributed by atoms with van der Waals surface area (Å²) in [4.78, 5) is 17.6. The van der Waals surface area contributed by atoms with E-state index in [0.717, 1.165) is 29.9 Å². The van der Waals surface area contributed by atoms with Crippen LogP contribution in [0.15, 0.2) is 47.5 Å². The molecule has 0 bridgehead atoms. The number of benzene rings is 2. The average molecular weight is 464 g/mol. The highest BCUT2D eigenvalue weighted by Crippen LogP contribution is 2.29. The van der Waals surface area contributed by atoms with E-state index in [1.54, 1.807) is 38.5 Å². The highest BCUT2D eigenvalue weighted by molar-refractivity contribution is 6.10. The zero-order chi connectivity index (χ0) is 24.7. The number of aryl methyl sites for hydroxylation is 3. The maximum absolute atomic E-state index is 12.9. The number of carbonyl (C=O) groups is 1. The van der Waals surface area contributed by atoms with E-state index in [1.165, 1.54) is 5.56 Å². The van der Waals surface area contributed by atoms with Crippen molar-refractivity contribution >= 4 is 17.6 Å². The van der Waals surface area contributed by atoms with Crippen molar-refractivity contribution in [2.24, 2.45) is 4.99 Å². The van der Waals surface area contributed by atoms with E-state index in [1.807, 2.05) is 36.7 Å². The van der Waals surface area contributed by atoms with Gasteiger partial charge in [0.1, 0.15) is 0 Å². The molecule has 0 atom stereocenters. The summed E-state index contributed by atoms with van der Waals surface area (Å²) in [6.07, 6.45) is 0.717. The third-order valence-corrected chi connectivity index (χ3v) is 5.65. The van der Waals surface area contributed by atoms with E-state index in [0.29, 0.717) is 35.3 Å². The third kappa shape index (κ3) is 5.95. The molecule has 1 heterocycles. The van der Waals surface area contributed by atoms with E-state index in [2.05, 4.69) is 34.6 Å². The van der Waals surface area contributed by atoms with E-state index in [4.69, 9.17) is 9.47 Å². The molecular weight excluding hydrogens is 430 g/mol. The Morgan fingerprint density at radius 2 is 1.74 bits per heavy atom. The van der Waals surface area contributed by atoms with Crippen LogP contribution in [0.2, 0.25) is 0 Å². The molecule has 8 heteroatoms. The molecule has 0 unspecified atom stereocenters. The van der Waals surface area contributed by atoms with Crippen LogP contribution >= 0.6 is 0 Å². The number of rotatable bonds is 8. The molecule has 3 rings (SSSR count). The molecule has 2 N–H and O–H groups in total. The first-order chi connectivity index (χ1) is 16.4. The number of anilines is 1. The molecule has 34 heavy (non-hydrogen) atoms. The minimum absolute atomic E-state index is 0.238. The van der Waals surface area contributed by atoms with Gasteiger partial charge in [0.15, 0.2) is 11.5 Å². The summed E-state index contributed by atoms with van der Waals surface area (Å²) in [7, 11) is 3.17. The van der Waals surface area contributed by atoms with Crippen LogP contribution in [-0.2, 0) is 13.0 Å². The van der Waals surface area contributed by atoms with Crippen molar-refractivity contribution in [1.82, 2.24) is 15.1 Å². The van der Waals surface area contributed by atoms with Gasteiger partial charge in [-0.2, -0.15) is 5.10 Å². The second kappa shape index (κ2) is 11.4. The molecule has 0 saturated heterocycles. The van der Waals surface area contributed by atoms with Crippen molar-refractivity contribution in [3.8, 4) is 11.5 Å². The van der Waals surface area contributed by atoms with E-state index < -0.39 is 0 Å². The van der Waals surface area contributed by atoms with Crippen LogP contribution in [0.1, 0.15) is 39.8 Å². The van der Waals surface area contributed by atoms with Crippen LogP contribution in [0.4, 0.5) is 5.69 Å². The van der Waals surface area contributed by atoms with Gasteiger partial charge in [0.2, 0.25) is 5.96 Å². The van der Waals surface area contributed by atoms with E-state index in [-0.39, 0.29) is 5.91 Å². The van der Waals surface area contributed by atoms with Gasteiger partial charge >= 0.3 is 0 Å². The fraction of sp³-hybridized carbons (Fsp3) is 0.346. The molecule has 1 amide bonds.